The number of benzene rings is 9. The van der Waals surface area contributed by atoms with Crippen molar-refractivity contribution in [3.63, 3.8) is 0 Å². The Balaban J connectivity index is 1.37. The molecule has 0 aliphatic heterocycles. The van der Waals surface area contributed by atoms with E-state index in [1.807, 2.05) is 0 Å². The van der Waals surface area contributed by atoms with Gasteiger partial charge in [-0.1, -0.05) is 273 Å². The molecule has 0 amide bonds. The van der Waals surface area contributed by atoms with Crippen molar-refractivity contribution in [1.29, 1.82) is 0 Å². The molecule has 0 N–H and O–H groups in total. The van der Waals surface area contributed by atoms with Gasteiger partial charge in [0.1, 0.15) is 16.8 Å². The Morgan fingerprint density at radius 3 is 0.471 bits per heavy atom. The summed E-state index contributed by atoms with van der Waals surface area (Å²) in [5, 5.41) is 0. The summed E-state index contributed by atoms with van der Waals surface area (Å²) in [6, 6.07) is 96.4. The Kier molecular flexibility index (Phi) is 14.0. The first kappa shape index (κ1) is 48.3. The lowest BCUT2D eigenvalue weighted by atomic mass is 9.62. The van der Waals surface area contributed by atoms with Crippen LogP contribution in [0.15, 0.2) is 273 Å². The molecule has 0 radical (unpaired) electrons. The molecule has 0 spiro atoms. The third kappa shape index (κ3) is 8.56. The van der Waals surface area contributed by atoms with Crippen molar-refractivity contribution in [2.75, 3.05) is 0 Å². The third-order valence-corrected chi connectivity index (χ3v) is 17.3. The van der Waals surface area contributed by atoms with Crippen LogP contribution in [0.4, 0.5) is 0 Å². The molecule has 0 saturated carbocycles. The van der Waals surface area contributed by atoms with Gasteiger partial charge in [-0.25, -0.2) is 0 Å². The van der Waals surface area contributed by atoms with Gasteiger partial charge in [0.2, 0.25) is 0 Å². The van der Waals surface area contributed by atoms with Crippen molar-refractivity contribution in [2.45, 2.75) is 74.6 Å². The maximum absolute atomic E-state index is 8.29. The van der Waals surface area contributed by atoms with E-state index in [9.17, 15) is 0 Å². The predicted octanol–water partition coefficient (Wildman–Crippen LogP) is 17.0. The molecule has 3 atom stereocenters. The van der Waals surface area contributed by atoms with Gasteiger partial charge in [-0.2, -0.15) is 0 Å². The summed E-state index contributed by atoms with van der Waals surface area (Å²) in [6.07, 6.45) is 0. The van der Waals surface area contributed by atoms with Gasteiger partial charge in [-0.05, 0) is 91.6 Å². The quantitative estimate of drug-likeness (QED) is 0.0803. The summed E-state index contributed by atoms with van der Waals surface area (Å²) in [5.74, 6) is 0. The zero-order valence-corrected chi connectivity index (χ0v) is 42.0. The Morgan fingerprint density at radius 1 is 0.200 bits per heavy atom. The van der Waals surface area contributed by atoms with Gasteiger partial charge < -0.3 is 0 Å². The topological polar surface area (TPSA) is 27.7 Å². The van der Waals surface area contributed by atoms with E-state index < -0.39 is 41.7 Å². The standard InChI is InChI=1S/C66H63O3P/c1-61(52-34-16-7-17-35-52,53-36-18-8-19-37-53)64(4,58-46-28-13-29-47-58)67-70(68-65(5,59-48-30-14-31-49-59)62(2,54-38-20-9-21-39-54)55-40-22-10-23-41-55)69-66(6,60-50-32-15-33-51-60)63(3,56-42-24-11-25-43-56)57-44-26-12-27-45-57/h7-51H,1-6H3. The molecular formula is C66H63O3P. The second-order valence-electron chi connectivity index (χ2n) is 19.3. The Labute approximate surface area is 417 Å². The van der Waals surface area contributed by atoms with Gasteiger partial charge in [0.05, 0.1) is 16.2 Å². The maximum atomic E-state index is 8.29. The first-order valence-corrected chi connectivity index (χ1v) is 25.5. The first-order chi connectivity index (χ1) is 34.0. The molecular weight excluding hydrogens is 872 g/mol. The molecule has 0 heterocycles. The van der Waals surface area contributed by atoms with Crippen LogP contribution in [-0.2, 0) is 46.6 Å². The van der Waals surface area contributed by atoms with Crippen LogP contribution in [-0.4, -0.2) is 0 Å². The van der Waals surface area contributed by atoms with E-state index >= 15 is 0 Å². The zero-order chi connectivity index (χ0) is 48.7. The van der Waals surface area contributed by atoms with Crippen LogP contribution in [0.5, 0.6) is 0 Å². The number of hydrogen-bond donors (Lipinski definition) is 0. The lowest BCUT2D eigenvalue weighted by Gasteiger charge is -2.54. The highest BCUT2D eigenvalue weighted by Gasteiger charge is 2.59. The van der Waals surface area contributed by atoms with E-state index in [1.165, 1.54) is 0 Å². The molecule has 0 aromatic heterocycles. The molecule has 0 bridgehead atoms. The molecule has 3 unspecified atom stereocenters. The minimum absolute atomic E-state index is 0.805. The molecule has 4 heteroatoms. The minimum Gasteiger partial charge on any atom is -0.300 e. The highest BCUT2D eigenvalue weighted by Crippen LogP contribution is 2.66. The fourth-order valence-electron chi connectivity index (χ4n) is 10.9. The van der Waals surface area contributed by atoms with Crippen LogP contribution in [0.25, 0.3) is 0 Å². The predicted molar refractivity (Wildman–Crippen MR) is 290 cm³/mol. The number of rotatable bonds is 18. The highest BCUT2D eigenvalue weighted by atomic mass is 31.2. The van der Waals surface area contributed by atoms with Crippen LogP contribution in [0.3, 0.4) is 0 Å². The molecule has 0 saturated heterocycles. The lowest BCUT2D eigenvalue weighted by molar-refractivity contribution is -0.0821. The number of hydrogen-bond acceptors (Lipinski definition) is 3. The molecule has 0 fully saturated rings. The van der Waals surface area contributed by atoms with Crippen molar-refractivity contribution < 1.29 is 13.6 Å². The summed E-state index contributed by atoms with van der Waals surface area (Å²) in [7, 11) is -2.43. The minimum atomic E-state index is -2.43. The van der Waals surface area contributed by atoms with Crippen LogP contribution >= 0.6 is 8.60 Å². The Morgan fingerprint density at radius 2 is 0.329 bits per heavy atom. The summed E-state index contributed by atoms with van der Waals surface area (Å²) in [4.78, 5) is 0. The summed E-state index contributed by atoms with van der Waals surface area (Å²) in [5.41, 5.74) is 3.69. The van der Waals surface area contributed by atoms with Gasteiger partial charge in [-0.15, -0.1) is 0 Å². The molecule has 9 aromatic carbocycles. The molecule has 9 rings (SSSR count). The van der Waals surface area contributed by atoms with Crippen LogP contribution in [0.1, 0.15) is 91.6 Å². The van der Waals surface area contributed by atoms with E-state index in [2.05, 4.69) is 315 Å². The van der Waals surface area contributed by atoms with Gasteiger partial charge in [0.15, 0.2) is 0 Å². The zero-order valence-electron chi connectivity index (χ0n) is 41.2. The molecule has 350 valence electrons. The Hall–Kier alpha value is -6.71. The third-order valence-electron chi connectivity index (χ3n) is 15.7. The second kappa shape index (κ2) is 20.3. The van der Waals surface area contributed by atoms with Crippen molar-refractivity contribution in [1.82, 2.24) is 0 Å². The van der Waals surface area contributed by atoms with Crippen molar-refractivity contribution in [3.05, 3.63) is 323 Å². The monoisotopic (exact) mass is 934 g/mol. The largest absolute Gasteiger partial charge is 0.335 e. The Bertz CT molecular complexity index is 2560. The SMILES string of the molecule is CC(OP(OC(C)(c1ccccc1)C(C)(c1ccccc1)c1ccccc1)OC(C)(c1ccccc1)C(C)(c1ccccc1)c1ccccc1)(c1ccccc1)C(C)(c1ccccc1)c1ccccc1. The lowest BCUT2D eigenvalue weighted by Crippen LogP contribution is -2.51. The van der Waals surface area contributed by atoms with E-state index in [0.29, 0.717) is 0 Å². The second-order valence-corrected chi connectivity index (χ2v) is 20.3. The summed E-state index contributed by atoms with van der Waals surface area (Å²) < 4.78 is 24.9. The van der Waals surface area contributed by atoms with Gasteiger partial charge in [-0.3, -0.25) is 13.6 Å². The van der Waals surface area contributed by atoms with Crippen molar-refractivity contribution in [2.24, 2.45) is 0 Å². The van der Waals surface area contributed by atoms with Crippen molar-refractivity contribution in [3.8, 4) is 0 Å². The van der Waals surface area contributed by atoms with Gasteiger partial charge in [0, 0.05) is 0 Å². The van der Waals surface area contributed by atoms with Crippen LogP contribution in [0.2, 0.25) is 0 Å². The van der Waals surface area contributed by atoms with Crippen molar-refractivity contribution >= 4 is 8.60 Å². The van der Waals surface area contributed by atoms with Gasteiger partial charge in [0.25, 0.3) is 0 Å². The van der Waals surface area contributed by atoms with E-state index in [1.54, 1.807) is 0 Å². The molecule has 9 aromatic rings. The average molecular weight is 935 g/mol. The smallest absolute Gasteiger partial charge is 0.300 e. The van der Waals surface area contributed by atoms with E-state index in [0.717, 1.165) is 50.1 Å². The van der Waals surface area contributed by atoms with Crippen LogP contribution in [0, 0.1) is 0 Å². The van der Waals surface area contributed by atoms with E-state index in [4.69, 9.17) is 13.6 Å². The highest BCUT2D eigenvalue weighted by molar-refractivity contribution is 7.41. The van der Waals surface area contributed by atoms with E-state index in [-0.39, 0.29) is 0 Å². The average Bonchev–Trinajstić information content (AvgIpc) is 3.44. The normalized spacial score (nSPS) is 15.2. The first-order valence-electron chi connectivity index (χ1n) is 24.4. The van der Waals surface area contributed by atoms with Crippen LogP contribution < -0.4 is 0 Å². The molecule has 0 aliphatic rings. The molecule has 3 nitrogen and oxygen atoms in total. The fourth-order valence-corrected chi connectivity index (χ4v) is 12.7. The fraction of sp³-hybridized carbons (Fsp3) is 0.182. The summed E-state index contributed by atoms with van der Waals surface area (Å²) in [6.45, 7) is 13.6. The maximum Gasteiger partial charge on any atom is 0.335 e. The molecule has 70 heavy (non-hydrogen) atoms. The summed E-state index contributed by atoms with van der Waals surface area (Å²) >= 11 is 0. The molecule has 0 aliphatic carbocycles. The van der Waals surface area contributed by atoms with Gasteiger partial charge >= 0.3 is 8.60 Å².